The van der Waals surface area contributed by atoms with Gasteiger partial charge in [-0.15, -0.1) is 11.3 Å². The number of aromatic nitrogens is 2. The topological polar surface area (TPSA) is 66.1 Å². The van der Waals surface area contributed by atoms with Crippen molar-refractivity contribution >= 4 is 39.2 Å². The number of fused-ring (bicyclic) bond motifs is 3. The Kier molecular flexibility index (Phi) is 5.10. The van der Waals surface area contributed by atoms with Crippen molar-refractivity contribution in [3.8, 4) is 0 Å². The van der Waals surface area contributed by atoms with Gasteiger partial charge in [0.05, 0.1) is 11.1 Å². The van der Waals surface area contributed by atoms with Crippen LogP contribution < -0.4 is 5.56 Å². The number of H-pyrrole nitrogens is 1. The van der Waals surface area contributed by atoms with Crippen molar-refractivity contribution in [2.45, 2.75) is 51.1 Å². The number of nitrogens with zero attached hydrogens (tertiary/aromatic N) is 2. The molecule has 0 bridgehead atoms. The van der Waals surface area contributed by atoms with Crippen molar-refractivity contribution in [1.29, 1.82) is 0 Å². The van der Waals surface area contributed by atoms with E-state index in [4.69, 9.17) is 0 Å². The minimum absolute atomic E-state index is 0.0520. The first-order valence-corrected chi connectivity index (χ1v) is 11.3. The molecular formula is C19H25N3O2S2. The van der Waals surface area contributed by atoms with E-state index in [9.17, 15) is 9.59 Å². The van der Waals surface area contributed by atoms with Gasteiger partial charge in [0.2, 0.25) is 5.91 Å². The standard InChI is InChI=1S/C19H25N3O2S2/c1-11-5-7-22(8-6-11)15(23)10-25-19-20-17(24)16-13-4-3-12(2)9-14(13)26-18(16)21-19/h11-12H,3-10H2,1-2H3,(H,20,21,24). The maximum absolute atomic E-state index is 12.6. The zero-order valence-corrected chi connectivity index (χ0v) is 17.0. The molecule has 2 aromatic rings. The zero-order chi connectivity index (χ0) is 18.3. The molecule has 1 fully saturated rings. The van der Waals surface area contributed by atoms with E-state index in [0.29, 0.717) is 22.7 Å². The molecule has 1 amide bonds. The monoisotopic (exact) mass is 391 g/mol. The molecule has 5 nitrogen and oxygen atoms in total. The van der Waals surface area contributed by atoms with Gasteiger partial charge in [-0.25, -0.2) is 4.98 Å². The maximum Gasteiger partial charge on any atom is 0.260 e. The van der Waals surface area contributed by atoms with Gasteiger partial charge in [-0.2, -0.15) is 0 Å². The average molecular weight is 392 g/mol. The predicted molar refractivity (Wildman–Crippen MR) is 107 cm³/mol. The summed E-state index contributed by atoms with van der Waals surface area (Å²) in [6.45, 7) is 6.19. The summed E-state index contributed by atoms with van der Waals surface area (Å²) in [7, 11) is 0. The molecule has 0 radical (unpaired) electrons. The van der Waals surface area contributed by atoms with E-state index in [0.717, 1.165) is 55.4 Å². The summed E-state index contributed by atoms with van der Waals surface area (Å²) in [6, 6.07) is 0. The number of thioether (sulfide) groups is 1. The molecule has 1 N–H and O–H groups in total. The molecule has 3 heterocycles. The second-order valence-corrected chi connectivity index (χ2v) is 9.80. The first kappa shape index (κ1) is 18.0. The molecule has 26 heavy (non-hydrogen) atoms. The van der Waals surface area contributed by atoms with Crippen LogP contribution >= 0.6 is 23.1 Å². The quantitative estimate of drug-likeness (QED) is 0.643. The number of aryl methyl sites for hydroxylation is 1. The fourth-order valence-electron chi connectivity index (χ4n) is 3.88. The van der Waals surface area contributed by atoms with Crippen molar-refractivity contribution in [1.82, 2.24) is 14.9 Å². The minimum Gasteiger partial charge on any atom is -0.342 e. The molecule has 2 aliphatic rings. The number of likely N-dealkylation sites (tertiary alicyclic amines) is 1. The molecule has 1 unspecified atom stereocenters. The molecule has 7 heteroatoms. The SMILES string of the molecule is CC1CCN(C(=O)CSc2nc3sc4c(c3c(=O)[nH]2)CCC(C)C4)CC1. The van der Waals surface area contributed by atoms with Crippen molar-refractivity contribution < 1.29 is 4.79 Å². The minimum atomic E-state index is -0.0520. The molecule has 0 saturated carbocycles. The van der Waals surface area contributed by atoms with Gasteiger partial charge < -0.3 is 9.88 Å². The number of nitrogens with one attached hydrogen (secondary N) is 1. The van der Waals surface area contributed by atoms with Crippen LogP contribution in [0.3, 0.4) is 0 Å². The fourth-order valence-corrected chi connectivity index (χ4v) is 6.08. The Morgan fingerprint density at radius 3 is 2.81 bits per heavy atom. The summed E-state index contributed by atoms with van der Waals surface area (Å²) < 4.78 is 0. The Morgan fingerprint density at radius 1 is 1.27 bits per heavy atom. The smallest absolute Gasteiger partial charge is 0.260 e. The lowest BCUT2D eigenvalue weighted by Gasteiger charge is -2.30. The normalized spacial score (nSPS) is 21.2. The van der Waals surface area contributed by atoms with Crippen molar-refractivity contribution in [3.05, 3.63) is 20.8 Å². The van der Waals surface area contributed by atoms with Gasteiger partial charge >= 0.3 is 0 Å². The summed E-state index contributed by atoms with van der Waals surface area (Å²) in [4.78, 5) is 36.6. The van der Waals surface area contributed by atoms with Crippen molar-refractivity contribution in [2.75, 3.05) is 18.8 Å². The van der Waals surface area contributed by atoms with Gasteiger partial charge in [0, 0.05) is 18.0 Å². The average Bonchev–Trinajstić information content (AvgIpc) is 2.98. The predicted octanol–water partition coefficient (Wildman–Crippen LogP) is 3.46. The lowest BCUT2D eigenvalue weighted by molar-refractivity contribution is -0.129. The first-order valence-electron chi connectivity index (χ1n) is 9.46. The summed E-state index contributed by atoms with van der Waals surface area (Å²) in [6.07, 6.45) is 5.31. The molecule has 1 aliphatic carbocycles. The molecule has 2 aromatic heterocycles. The van der Waals surface area contributed by atoms with Crippen LogP contribution in [0.15, 0.2) is 9.95 Å². The van der Waals surface area contributed by atoms with E-state index in [2.05, 4.69) is 23.8 Å². The number of hydrogen-bond donors (Lipinski definition) is 1. The fraction of sp³-hybridized carbons (Fsp3) is 0.632. The highest BCUT2D eigenvalue weighted by atomic mass is 32.2. The van der Waals surface area contributed by atoms with Crippen LogP contribution in [0.1, 0.15) is 43.6 Å². The summed E-state index contributed by atoms with van der Waals surface area (Å²) in [5.41, 5.74) is 1.15. The highest BCUT2D eigenvalue weighted by Crippen LogP contribution is 2.36. The molecule has 1 saturated heterocycles. The van der Waals surface area contributed by atoms with Crippen LogP contribution in [0, 0.1) is 11.8 Å². The first-order chi connectivity index (χ1) is 12.5. The van der Waals surface area contributed by atoms with Crippen LogP contribution in [0.5, 0.6) is 0 Å². The van der Waals surface area contributed by atoms with Gasteiger partial charge in [0.25, 0.3) is 5.56 Å². The van der Waals surface area contributed by atoms with Gasteiger partial charge in [-0.05, 0) is 49.5 Å². The summed E-state index contributed by atoms with van der Waals surface area (Å²) in [5.74, 6) is 1.86. The maximum atomic E-state index is 12.6. The Balaban J connectivity index is 1.49. The van der Waals surface area contributed by atoms with Crippen LogP contribution in [0.4, 0.5) is 0 Å². The number of hydrogen-bond acceptors (Lipinski definition) is 5. The molecular weight excluding hydrogens is 366 g/mol. The van der Waals surface area contributed by atoms with Crippen LogP contribution in [0.2, 0.25) is 0 Å². The number of thiophene rings is 1. The molecule has 0 aromatic carbocycles. The van der Waals surface area contributed by atoms with E-state index >= 15 is 0 Å². The number of aromatic amines is 1. The Hall–Kier alpha value is -1.34. The number of piperidine rings is 1. The lowest BCUT2D eigenvalue weighted by Crippen LogP contribution is -2.38. The van der Waals surface area contributed by atoms with E-state index in [1.54, 1.807) is 11.3 Å². The van der Waals surface area contributed by atoms with E-state index < -0.39 is 0 Å². The third-order valence-corrected chi connectivity index (χ3v) is 7.62. The Morgan fingerprint density at radius 2 is 2.04 bits per heavy atom. The highest BCUT2D eigenvalue weighted by molar-refractivity contribution is 7.99. The van der Waals surface area contributed by atoms with E-state index in [-0.39, 0.29) is 11.5 Å². The van der Waals surface area contributed by atoms with Gasteiger partial charge in [-0.3, -0.25) is 9.59 Å². The molecule has 1 aliphatic heterocycles. The number of carbonyl (C=O) groups is 1. The largest absolute Gasteiger partial charge is 0.342 e. The molecule has 4 rings (SSSR count). The van der Waals surface area contributed by atoms with Crippen molar-refractivity contribution in [3.63, 3.8) is 0 Å². The van der Waals surface area contributed by atoms with Crippen molar-refractivity contribution in [2.24, 2.45) is 11.8 Å². The zero-order valence-electron chi connectivity index (χ0n) is 15.3. The third kappa shape index (κ3) is 3.56. The van der Waals surface area contributed by atoms with Gasteiger partial charge in [-0.1, -0.05) is 25.6 Å². The second-order valence-electron chi connectivity index (χ2n) is 7.75. The number of rotatable bonds is 3. The Bertz CT molecular complexity index is 881. The highest BCUT2D eigenvalue weighted by Gasteiger charge is 2.24. The van der Waals surface area contributed by atoms with E-state index in [1.807, 2.05) is 4.90 Å². The Labute approximate surface area is 161 Å². The molecule has 140 valence electrons. The lowest BCUT2D eigenvalue weighted by atomic mass is 9.89. The number of carbonyl (C=O) groups excluding carboxylic acids is 1. The second kappa shape index (κ2) is 7.35. The van der Waals surface area contributed by atoms with Gasteiger partial charge in [0.15, 0.2) is 5.16 Å². The molecule has 1 atom stereocenters. The van der Waals surface area contributed by atoms with E-state index in [1.165, 1.54) is 22.2 Å². The third-order valence-electron chi connectivity index (χ3n) is 5.61. The summed E-state index contributed by atoms with van der Waals surface area (Å²) >= 11 is 3.00. The van der Waals surface area contributed by atoms with Crippen LogP contribution in [-0.2, 0) is 17.6 Å². The van der Waals surface area contributed by atoms with Gasteiger partial charge in [0.1, 0.15) is 4.83 Å². The number of amides is 1. The van der Waals surface area contributed by atoms with Crippen LogP contribution in [0.25, 0.3) is 10.2 Å². The molecule has 0 spiro atoms. The van der Waals surface area contributed by atoms with Crippen LogP contribution in [-0.4, -0.2) is 39.6 Å². The summed E-state index contributed by atoms with van der Waals surface area (Å²) in [5, 5.41) is 1.34.